The number of aromatic nitrogens is 2. The van der Waals surface area contributed by atoms with Crippen LogP contribution >= 0.6 is 23.1 Å². The number of hydrogen-bond donors (Lipinski definition) is 0. The van der Waals surface area contributed by atoms with Gasteiger partial charge in [-0.05, 0) is 48.0 Å². The lowest BCUT2D eigenvalue weighted by atomic mass is 10.2. The first kappa shape index (κ1) is 20.5. The molecule has 30 heavy (non-hydrogen) atoms. The van der Waals surface area contributed by atoms with E-state index in [1.165, 1.54) is 17.4 Å². The normalized spacial score (nSPS) is 11.2. The van der Waals surface area contributed by atoms with Crippen molar-refractivity contribution in [1.29, 1.82) is 0 Å². The first-order valence-corrected chi connectivity index (χ1v) is 11.2. The molecule has 0 fully saturated rings. The second-order valence-electron chi connectivity index (χ2n) is 7.02. The molecule has 4 rings (SSSR count). The third-order valence-corrected chi connectivity index (χ3v) is 6.42. The van der Waals surface area contributed by atoms with Gasteiger partial charge in [0, 0.05) is 28.1 Å². The molecule has 7 heteroatoms. The average molecular weight is 438 g/mol. The number of anilines is 1. The summed E-state index contributed by atoms with van der Waals surface area (Å²) < 4.78 is 14.9. The van der Waals surface area contributed by atoms with Crippen LogP contribution in [0.2, 0.25) is 0 Å². The number of fused-ring (bicyclic) bond motifs is 1. The van der Waals surface area contributed by atoms with E-state index in [9.17, 15) is 9.18 Å². The van der Waals surface area contributed by atoms with Crippen LogP contribution in [0, 0.1) is 5.82 Å². The Bertz CT molecular complexity index is 1180. The monoisotopic (exact) mass is 437 g/mol. The summed E-state index contributed by atoms with van der Waals surface area (Å²) in [5.74, 6) is -0.556. The summed E-state index contributed by atoms with van der Waals surface area (Å²) in [6.07, 6.45) is 3.38. The number of para-hydroxylation sites is 1. The molecule has 0 saturated carbocycles. The van der Waals surface area contributed by atoms with Crippen molar-refractivity contribution < 1.29 is 9.18 Å². The second-order valence-corrected chi connectivity index (χ2v) is 9.68. The van der Waals surface area contributed by atoms with E-state index in [0.717, 1.165) is 10.5 Å². The zero-order chi connectivity index (χ0) is 21.1. The molecule has 0 unspecified atom stereocenters. The number of carbonyl (C=O) groups is 1. The molecule has 0 N–H and O–H groups in total. The minimum absolute atomic E-state index is 0.169. The van der Waals surface area contributed by atoms with Crippen LogP contribution in [0.5, 0.6) is 0 Å². The fraction of sp³-hybridized carbons (Fsp3) is 0.174. The highest BCUT2D eigenvalue weighted by atomic mass is 32.2. The first-order valence-electron chi connectivity index (χ1n) is 9.54. The molecule has 2 aromatic heterocycles. The van der Waals surface area contributed by atoms with Crippen LogP contribution in [0.3, 0.4) is 0 Å². The summed E-state index contributed by atoms with van der Waals surface area (Å²) in [4.78, 5) is 24.7. The van der Waals surface area contributed by atoms with Crippen LogP contribution in [0.4, 0.5) is 9.52 Å². The second kappa shape index (κ2) is 8.93. The minimum atomic E-state index is -0.387. The summed E-state index contributed by atoms with van der Waals surface area (Å²) in [6.45, 7) is 4.56. The lowest BCUT2D eigenvalue weighted by molar-refractivity contribution is 0.0985. The Morgan fingerprint density at radius 2 is 1.90 bits per heavy atom. The molecule has 0 atom stereocenters. The number of carbonyl (C=O) groups excluding carboxylic acids is 1. The minimum Gasteiger partial charge on any atom is -0.279 e. The molecule has 4 aromatic rings. The van der Waals surface area contributed by atoms with Gasteiger partial charge in [0.2, 0.25) is 0 Å². The molecule has 2 aromatic carbocycles. The highest BCUT2D eigenvalue weighted by molar-refractivity contribution is 7.99. The van der Waals surface area contributed by atoms with E-state index < -0.39 is 0 Å². The van der Waals surface area contributed by atoms with E-state index in [4.69, 9.17) is 0 Å². The van der Waals surface area contributed by atoms with E-state index in [0.29, 0.717) is 27.2 Å². The molecule has 0 spiro atoms. The fourth-order valence-corrected chi connectivity index (χ4v) is 4.92. The van der Waals surface area contributed by atoms with Gasteiger partial charge in [-0.25, -0.2) is 9.37 Å². The molecule has 0 saturated heterocycles. The van der Waals surface area contributed by atoms with E-state index in [1.807, 2.05) is 36.4 Å². The molecule has 0 aliphatic carbocycles. The molecule has 0 aliphatic heterocycles. The van der Waals surface area contributed by atoms with E-state index in [-0.39, 0.29) is 17.2 Å². The zero-order valence-corrected chi connectivity index (χ0v) is 18.2. The highest BCUT2D eigenvalue weighted by Gasteiger charge is 2.23. The van der Waals surface area contributed by atoms with Crippen LogP contribution in [0.25, 0.3) is 10.2 Å². The van der Waals surface area contributed by atoms with Crippen molar-refractivity contribution in [3.8, 4) is 0 Å². The van der Waals surface area contributed by atoms with E-state index in [1.54, 1.807) is 41.2 Å². The number of rotatable bonds is 6. The largest absolute Gasteiger partial charge is 0.279 e. The van der Waals surface area contributed by atoms with Crippen LogP contribution in [-0.4, -0.2) is 21.1 Å². The van der Waals surface area contributed by atoms with Gasteiger partial charge in [-0.1, -0.05) is 37.3 Å². The van der Waals surface area contributed by atoms with Crippen molar-refractivity contribution in [2.75, 3.05) is 4.90 Å². The van der Waals surface area contributed by atoms with E-state index >= 15 is 0 Å². The predicted molar refractivity (Wildman–Crippen MR) is 122 cm³/mol. The molecule has 4 nitrogen and oxygen atoms in total. The van der Waals surface area contributed by atoms with Gasteiger partial charge in [-0.15, -0.1) is 11.8 Å². The summed E-state index contributed by atoms with van der Waals surface area (Å²) >= 11 is 3.02. The average Bonchev–Trinajstić information content (AvgIpc) is 3.17. The predicted octanol–water partition coefficient (Wildman–Crippen LogP) is 6.18. The van der Waals surface area contributed by atoms with Gasteiger partial charge >= 0.3 is 0 Å². The number of pyridine rings is 1. The Morgan fingerprint density at radius 3 is 2.63 bits per heavy atom. The van der Waals surface area contributed by atoms with Crippen molar-refractivity contribution in [2.24, 2.45) is 0 Å². The fourth-order valence-electron chi connectivity index (χ4n) is 3.05. The Morgan fingerprint density at radius 1 is 1.13 bits per heavy atom. The molecule has 0 aliphatic rings. The van der Waals surface area contributed by atoms with Gasteiger partial charge in [-0.3, -0.25) is 14.7 Å². The molecule has 0 bridgehead atoms. The molecule has 2 heterocycles. The van der Waals surface area contributed by atoms with Crippen molar-refractivity contribution >= 4 is 44.4 Å². The number of halogens is 1. The van der Waals surface area contributed by atoms with Crippen molar-refractivity contribution in [1.82, 2.24) is 9.97 Å². The quantitative estimate of drug-likeness (QED) is 0.338. The summed E-state index contributed by atoms with van der Waals surface area (Å²) in [5.41, 5.74) is 1.79. The molecule has 152 valence electrons. The third kappa shape index (κ3) is 4.52. The summed E-state index contributed by atoms with van der Waals surface area (Å²) in [7, 11) is 0. The zero-order valence-electron chi connectivity index (χ0n) is 16.6. The highest BCUT2D eigenvalue weighted by Crippen LogP contribution is 2.32. The number of amides is 1. The number of nitrogens with zero attached hydrogens (tertiary/aromatic N) is 3. The Balaban J connectivity index is 1.74. The standard InChI is InChI=1S/C23H20FN3OS2/c1-15(2)29-18-6-3-5-17(13-18)22(28)27(14-16-9-11-25-12-10-16)23-26-21-19(24)7-4-8-20(21)30-23/h3-13,15H,14H2,1-2H3. The molecule has 0 radical (unpaired) electrons. The Hall–Kier alpha value is -2.77. The molecular weight excluding hydrogens is 417 g/mol. The SMILES string of the molecule is CC(C)Sc1cccc(C(=O)N(Cc2ccncc2)c2nc3c(F)cccc3s2)c1. The number of hydrogen-bond acceptors (Lipinski definition) is 5. The van der Waals surface area contributed by atoms with Gasteiger partial charge in [0.05, 0.1) is 11.2 Å². The summed E-state index contributed by atoms with van der Waals surface area (Å²) in [6, 6.07) is 16.2. The first-order chi connectivity index (χ1) is 14.5. The van der Waals surface area contributed by atoms with Crippen molar-refractivity contribution in [2.45, 2.75) is 30.5 Å². The van der Waals surface area contributed by atoms with Gasteiger partial charge in [0.25, 0.3) is 5.91 Å². The van der Waals surface area contributed by atoms with Crippen molar-refractivity contribution in [3.63, 3.8) is 0 Å². The van der Waals surface area contributed by atoms with Crippen LogP contribution in [0.15, 0.2) is 71.9 Å². The smallest absolute Gasteiger partial charge is 0.260 e. The van der Waals surface area contributed by atoms with Crippen LogP contribution < -0.4 is 4.90 Å². The molecule has 1 amide bonds. The number of thiazole rings is 1. The van der Waals surface area contributed by atoms with Crippen LogP contribution in [0.1, 0.15) is 29.8 Å². The lowest BCUT2D eigenvalue weighted by Gasteiger charge is -2.20. The lowest BCUT2D eigenvalue weighted by Crippen LogP contribution is -2.30. The number of benzene rings is 2. The van der Waals surface area contributed by atoms with Gasteiger partial charge < -0.3 is 0 Å². The van der Waals surface area contributed by atoms with Crippen molar-refractivity contribution in [3.05, 3.63) is 83.9 Å². The number of thioether (sulfide) groups is 1. The Kier molecular flexibility index (Phi) is 6.11. The van der Waals surface area contributed by atoms with Gasteiger partial charge in [0.1, 0.15) is 11.3 Å². The maximum Gasteiger partial charge on any atom is 0.260 e. The summed E-state index contributed by atoms with van der Waals surface area (Å²) in [5, 5.41) is 0.884. The van der Waals surface area contributed by atoms with Gasteiger partial charge in [0.15, 0.2) is 5.13 Å². The topological polar surface area (TPSA) is 46.1 Å². The maximum absolute atomic E-state index is 14.2. The van der Waals surface area contributed by atoms with Gasteiger partial charge in [-0.2, -0.15) is 0 Å². The van der Waals surface area contributed by atoms with E-state index in [2.05, 4.69) is 23.8 Å². The Labute approximate surface area is 182 Å². The van der Waals surface area contributed by atoms with Crippen LogP contribution in [-0.2, 0) is 6.54 Å². The third-order valence-electron chi connectivity index (χ3n) is 4.38. The molecular formula is C23H20FN3OS2. The maximum atomic E-state index is 14.2.